The average molecular weight is 350 g/mol. The van der Waals surface area contributed by atoms with E-state index in [1.165, 1.54) is 17.6 Å². The second kappa shape index (κ2) is 6.03. The zero-order valence-corrected chi connectivity index (χ0v) is 14.1. The number of hydrogen-bond donors (Lipinski definition) is 2. The van der Waals surface area contributed by atoms with E-state index < -0.39 is 0 Å². The smallest absolute Gasteiger partial charge is 0.290 e. The van der Waals surface area contributed by atoms with Crippen molar-refractivity contribution in [3.63, 3.8) is 0 Å². The summed E-state index contributed by atoms with van der Waals surface area (Å²) in [6.07, 6.45) is 3.26. The van der Waals surface area contributed by atoms with Gasteiger partial charge in [0.05, 0.1) is 11.9 Å². The molecule has 0 fully saturated rings. The number of carbonyl (C=O) groups is 1. The van der Waals surface area contributed by atoms with Crippen LogP contribution in [0, 0.1) is 6.92 Å². The second-order valence-corrected chi connectivity index (χ2v) is 6.39. The lowest BCUT2D eigenvalue weighted by Crippen LogP contribution is -2.20. The molecule has 2 N–H and O–H groups in total. The molecule has 7 heteroatoms. The minimum atomic E-state index is -0.348. The van der Waals surface area contributed by atoms with Gasteiger partial charge in [-0.05, 0) is 23.8 Å². The summed E-state index contributed by atoms with van der Waals surface area (Å²) < 4.78 is 1.74. The maximum absolute atomic E-state index is 12.4. The predicted octanol–water partition coefficient (Wildman–Crippen LogP) is 3.33. The first-order valence-corrected chi connectivity index (χ1v) is 8.49. The number of aromatic nitrogens is 2. The number of phenols is 1. The molecule has 4 aromatic rings. The molecule has 0 unspecified atom stereocenters. The number of benzene rings is 2. The molecule has 0 aliphatic carbocycles. The third-order valence-electron chi connectivity index (χ3n) is 3.96. The summed E-state index contributed by atoms with van der Waals surface area (Å²) in [7, 11) is 0. The molecule has 6 nitrogen and oxygen atoms in total. The topological polar surface area (TPSA) is 79.0 Å². The van der Waals surface area contributed by atoms with Crippen molar-refractivity contribution in [3.05, 3.63) is 64.9 Å². The molecule has 0 atom stereocenters. The fourth-order valence-corrected chi connectivity index (χ4v) is 3.56. The minimum absolute atomic E-state index is 0.109. The van der Waals surface area contributed by atoms with Crippen LogP contribution in [-0.2, 0) is 0 Å². The minimum Gasteiger partial charge on any atom is -0.507 e. The first kappa shape index (κ1) is 15.3. The van der Waals surface area contributed by atoms with E-state index in [4.69, 9.17) is 0 Å². The van der Waals surface area contributed by atoms with Gasteiger partial charge in [0.1, 0.15) is 11.4 Å². The molecule has 0 aliphatic rings. The van der Waals surface area contributed by atoms with Crippen LogP contribution in [-0.4, -0.2) is 26.6 Å². The molecule has 124 valence electrons. The van der Waals surface area contributed by atoms with E-state index in [1.807, 2.05) is 35.7 Å². The Labute approximate surface area is 147 Å². The maximum atomic E-state index is 12.4. The molecule has 0 saturated carbocycles. The molecule has 0 aliphatic heterocycles. The van der Waals surface area contributed by atoms with Gasteiger partial charge in [0.25, 0.3) is 5.91 Å². The van der Waals surface area contributed by atoms with E-state index in [-0.39, 0.29) is 11.7 Å². The summed E-state index contributed by atoms with van der Waals surface area (Å²) in [5, 5.41) is 17.8. The number of nitrogens with one attached hydrogen (secondary N) is 1. The van der Waals surface area contributed by atoms with Crippen molar-refractivity contribution in [1.29, 1.82) is 0 Å². The van der Waals surface area contributed by atoms with Gasteiger partial charge in [-0.2, -0.15) is 5.10 Å². The lowest BCUT2D eigenvalue weighted by molar-refractivity contribution is 0.0948. The van der Waals surface area contributed by atoms with Gasteiger partial charge < -0.3 is 5.11 Å². The lowest BCUT2D eigenvalue weighted by Gasteiger charge is -2.05. The van der Waals surface area contributed by atoms with Crippen molar-refractivity contribution < 1.29 is 9.90 Å². The van der Waals surface area contributed by atoms with Gasteiger partial charge in [-0.1, -0.05) is 30.3 Å². The molecule has 4 rings (SSSR count). The van der Waals surface area contributed by atoms with E-state index in [1.54, 1.807) is 23.6 Å². The highest BCUT2D eigenvalue weighted by atomic mass is 32.1. The first-order chi connectivity index (χ1) is 12.1. The Balaban J connectivity index is 1.63. The Kier molecular flexibility index (Phi) is 3.70. The lowest BCUT2D eigenvalue weighted by atomic mass is 10.0. The van der Waals surface area contributed by atoms with Crippen LogP contribution in [0.1, 0.15) is 21.7 Å². The van der Waals surface area contributed by atoms with Crippen LogP contribution >= 0.6 is 11.3 Å². The van der Waals surface area contributed by atoms with Crippen molar-refractivity contribution in [2.45, 2.75) is 6.92 Å². The summed E-state index contributed by atoms with van der Waals surface area (Å²) in [5.41, 5.74) is 4.17. The molecule has 0 spiro atoms. The van der Waals surface area contributed by atoms with Crippen LogP contribution in [0.3, 0.4) is 0 Å². The summed E-state index contributed by atoms with van der Waals surface area (Å²) in [6, 6.07) is 11.1. The zero-order valence-electron chi connectivity index (χ0n) is 13.3. The Hall–Kier alpha value is -3.19. The van der Waals surface area contributed by atoms with Crippen molar-refractivity contribution in [2.24, 2.45) is 5.10 Å². The Bertz CT molecular complexity index is 1130. The number of aryl methyl sites for hydroxylation is 1. The number of nitrogens with zero attached hydrogens (tertiary/aromatic N) is 3. The van der Waals surface area contributed by atoms with E-state index in [2.05, 4.69) is 15.5 Å². The number of aromatic hydroxyl groups is 1. The number of rotatable bonds is 3. The van der Waals surface area contributed by atoms with Crippen LogP contribution < -0.4 is 5.43 Å². The molecular weight excluding hydrogens is 336 g/mol. The number of fused-ring (bicyclic) bond motifs is 2. The molecule has 0 bridgehead atoms. The molecule has 0 radical (unpaired) electrons. The van der Waals surface area contributed by atoms with Crippen molar-refractivity contribution in [2.75, 3.05) is 0 Å². The SMILES string of the molecule is Cc1nc2sccn2c1C(=O)N/N=C/c1c(O)ccc2ccccc12. The zero-order chi connectivity index (χ0) is 17.4. The summed E-state index contributed by atoms with van der Waals surface area (Å²) in [4.78, 5) is 17.5. The van der Waals surface area contributed by atoms with Gasteiger partial charge in [0, 0.05) is 17.1 Å². The normalized spacial score (nSPS) is 11.6. The standard InChI is InChI=1S/C18H14N4O2S/c1-11-16(22-8-9-25-18(22)20-11)17(24)21-19-10-14-13-5-3-2-4-12(13)6-7-15(14)23/h2-10,23H,1H3,(H,21,24)/b19-10+. The fraction of sp³-hybridized carbons (Fsp3) is 0.0556. The molecule has 25 heavy (non-hydrogen) atoms. The van der Waals surface area contributed by atoms with Gasteiger partial charge in [-0.15, -0.1) is 11.3 Å². The highest BCUT2D eigenvalue weighted by molar-refractivity contribution is 7.15. The number of carbonyl (C=O) groups excluding carboxylic acids is 1. The number of phenolic OH excluding ortho intramolecular Hbond substituents is 1. The highest BCUT2D eigenvalue weighted by Crippen LogP contribution is 2.25. The van der Waals surface area contributed by atoms with Crippen LogP contribution in [0.15, 0.2) is 53.1 Å². The molecule has 2 aromatic heterocycles. The Morgan fingerprint density at radius 3 is 3.04 bits per heavy atom. The van der Waals surface area contributed by atoms with Gasteiger partial charge in [0.2, 0.25) is 0 Å². The van der Waals surface area contributed by atoms with Gasteiger partial charge in [-0.25, -0.2) is 10.4 Å². The molecule has 0 saturated heterocycles. The Morgan fingerprint density at radius 1 is 1.32 bits per heavy atom. The third kappa shape index (κ3) is 2.64. The van der Waals surface area contributed by atoms with Gasteiger partial charge in [0.15, 0.2) is 4.96 Å². The number of hydrogen-bond acceptors (Lipinski definition) is 5. The van der Waals surface area contributed by atoms with Gasteiger partial charge >= 0.3 is 0 Å². The summed E-state index contributed by atoms with van der Waals surface area (Å²) in [5.74, 6) is -0.239. The van der Waals surface area contributed by atoms with E-state index in [9.17, 15) is 9.90 Å². The van der Waals surface area contributed by atoms with Crippen LogP contribution in [0.5, 0.6) is 5.75 Å². The molecule has 2 heterocycles. The molecule has 2 aromatic carbocycles. The number of imidazole rings is 1. The Morgan fingerprint density at radius 2 is 2.16 bits per heavy atom. The number of hydrazone groups is 1. The van der Waals surface area contributed by atoms with Crippen molar-refractivity contribution in [1.82, 2.24) is 14.8 Å². The number of amides is 1. The predicted molar refractivity (Wildman–Crippen MR) is 98.5 cm³/mol. The summed E-state index contributed by atoms with van der Waals surface area (Å²) in [6.45, 7) is 1.79. The quantitative estimate of drug-likeness (QED) is 0.439. The van der Waals surface area contributed by atoms with E-state index >= 15 is 0 Å². The monoisotopic (exact) mass is 350 g/mol. The molecular formula is C18H14N4O2S. The molecule has 1 amide bonds. The van der Waals surface area contributed by atoms with Gasteiger partial charge in [-0.3, -0.25) is 9.20 Å². The van der Waals surface area contributed by atoms with Crippen molar-refractivity contribution in [3.8, 4) is 5.75 Å². The fourth-order valence-electron chi connectivity index (χ4n) is 2.80. The van der Waals surface area contributed by atoms with E-state index in [0.29, 0.717) is 17.0 Å². The third-order valence-corrected chi connectivity index (χ3v) is 4.72. The van der Waals surface area contributed by atoms with Crippen LogP contribution in [0.4, 0.5) is 0 Å². The highest BCUT2D eigenvalue weighted by Gasteiger charge is 2.16. The average Bonchev–Trinajstić information content (AvgIpc) is 3.16. The van der Waals surface area contributed by atoms with Crippen LogP contribution in [0.2, 0.25) is 0 Å². The van der Waals surface area contributed by atoms with Crippen molar-refractivity contribution >= 4 is 39.2 Å². The van der Waals surface area contributed by atoms with E-state index in [0.717, 1.165) is 15.7 Å². The first-order valence-electron chi connectivity index (χ1n) is 7.61. The van der Waals surface area contributed by atoms with Crippen LogP contribution in [0.25, 0.3) is 15.7 Å². The number of thiazole rings is 1. The maximum Gasteiger partial charge on any atom is 0.290 e. The second-order valence-electron chi connectivity index (χ2n) is 5.52. The largest absolute Gasteiger partial charge is 0.507 e. The summed E-state index contributed by atoms with van der Waals surface area (Å²) >= 11 is 1.46.